The standard InChI is InChI=1S/C26H33N7O2S/c1-13-8-9-35-26(13)12-33(11-19(26)27)20-7-4-16-10-17(5-6-18(16)32-20)31-24(34)23-22(28)21-14(2)29-15(3)30-25(21)36-23/h4,7,13,17,19H,5-6,8-12,27-28H2,1-3H3,(H,31,34). The van der Waals surface area contributed by atoms with E-state index in [9.17, 15) is 4.79 Å². The minimum atomic E-state index is -0.260. The fraction of sp³-hybridized carbons (Fsp3) is 0.538. The predicted octanol–water partition coefficient (Wildman–Crippen LogP) is 2.52. The average molecular weight is 508 g/mol. The van der Waals surface area contributed by atoms with Crippen molar-refractivity contribution in [2.24, 2.45) is 11.7 Å². The van der Waals surface area contributed by atoms with Crippen molar-refractivity contribution in [2.45, 2.75) is 64.1 Å². The summed E-state index contributed by atoms with van der Waals surface area (Å²) in [5.74, 6) is 1.96. The quantitative estimate of drug-likeness (QED) is 0.493. The summed E-state index contributed by atoms with van der Waals surface area (Å²) in [5, 5.41) is 3.98. The molecule has 190 valence electrons. The van der Waals surface area contributed by atoms with Crippen LogP contribution in [0.5, 0.6) is 0 Å². The second kappa shape index (κ2) is 8.64. The van der Waals surface area contributed by atoms with Gasteiger partial charge in [-0.05, 0) is 57.1 Å². The van der Waals surface area contributed by atoms with Gasteiger partial charge in [0.1, 0.15) is 27.0 Å². The van der Waals surface area contributed by atoms with Crippen molar-refractivity contribution >= 4 is 39.0 Å². The van der Waals surface area contributed by atoms with Crippen LogP contribution >= 0.6 is 11.3 Å². The molecule has 3 aromatic rings. The van der Waals surface area contributed by atoms with Crippen LogP contribution in [0.25, 0.3) is 10.2 Å². The van der Waals surface area contributed by atoms with E-state index in [1.165, 1.54) is 16.9 Å². The van der Waals surface area contributed by atoms with Crippen molar-refractivity contribution in [1.29, 1.82) is 0 Å². The highest BCUT2D eigenvalue weighted by atomic mass is 32.1. The zero-order chi connectivity index (χ0) is 25.2. The molecule has 0 saturated carbocycles. The molecule has 0 bridgehead atoms. The first-order valence-electron chi connectivity index (χ1n) is 12.7. The lowest BCUT2D eigenvalue weighted by molar-refractivity contribution is -0.0109. The van der Waals surface area contributed by atoms with Gasteiger partial charge >= 0.3 is 0 Å². The Kier molecular flexibility index (Phi) is 5.66. The third-order valence-electron chi connectivity index (χ3n) is 8.23. The van der Waals surface area contributed by atoms with Gasteiger partial charge in [0, 0.05) is 24.9 Å². The summed E-state index contributed by atoms with van der Waals surface area (Å²) >= 11 is 1.33. The van der Waals surface area contributed by atoms with Crippen LogP contribution in [0.4, 0.5) is 11.5 Å². The number of fused-ring (bicyclic) bond motifs is 2. The van der Waals surface area contributed by atoms with Gasteiger partial charge < -0.3 is 26.4 Å². The first kappa shape index (κ1) is 23.6. The fourth-order valence-electron chi connectivity index (χ4n) is 6.18. The molecule has 0 aromatic carbocycles. The number of ether oxygens (including phenoxy) is 1. The molecule has 2 fully saturated rings. The largest absolute Gasteiger partial charge is 0.397 e. The number of nitrogens with two attached hydrogens (primary N) is 2. The van der Waals surface area contributed by atoms with Crippen LogP contribution in [-0.4, -0.2) is 58.2 Å². The zero-order valence-electron chi connectivity index (χ0n) is 21.0. The highest BCUT2D eigenvalue weighted by Gasteiger charge is 2.52. The van der Waals surface area contributed by atoms with E-state index in [0.717, 1.165) is 72.8 Å². The monoisotopic (exact) mass is 507 g/mol. The number of nitrogen functional groups attached to an aromatic ring is 1. The molecule has 36 heavy (non-hydrogen) atoms. The average Bonchev–Trinajstić information content (AvgIpc) is 3.49. The molecule has 2 saturated heterocycles. The van der Waals surface area contributed by atoms with Gasteiger partial charge in [-0.15, -0.1) is 11.3 Å². The Morgan fingerprint density at radius 1 is 1.25 bits per heavy atom. The second-order valence-electron chi connectivity index (χ2n) is 10.5. The first-order valence-corrected chi connectivity index (χ1v) is 13.5. The number of aryl methyl sites for hydroxylation is 3. The van der Waals surface area contributed by atoms with Crippen molar-refractivity contribution in [1.82, 2.24) is 20.3 Å². The molecule has 5 N–H and O–H groups in total. The Morgan fingerprint density at radius 2 is 2.08 bits per heavy atom. The lowest BCUT2D eigenvalue weighted by Crippen LogP contribution is -2.50. The van der Waals surface area contributed by atoms with Crippen LogP contribution in [-0.2, 0) is 17.6 Å². The van der Waals surface area contributed by atoms with Crippen LogP contribution < -0.4 is 21.7 Å². The molecule has 0 radical (unpaired) electrons. The molecule has 2 aliphatic heterocycles. The normalized spacial score (nSPS) is 27.7. The minimum absolute atomic E-state index is 0.00700. The van der Waals surface area contributed by atoms with Crippen LogP contribution in [0.1, 0.15) is 52.2 Å². The Morgan fingerprint density at radius 3 is 2.86 bits per heavy atom. The molecule has 6 rings (SSSR count). The van der Waals surface area contributed by atoms with Crippen molar-refractivity contribution < 1.29 is 9.53 Å². The van der Waals surface area contributed by atoms with E-state index in [4.69, 9.17) is 21.2 Å². The van der Waals surface area contributed by atoms with E-state index in [0.29, 0.717) is 22.3 Å². The summed E-state index contributed by atoms with van der Waals surface area (Å²) in [6.45, 7) is 8.33. The second-order valence-corrected chi connectivity index (χ2v) is 11.5. The number of nitrogens with one attached hydrogen (secondary N) is 1. The number of anilines is 2. The molecule has 5 heterocycles. The molecular formula is C26H33N7O2S. The summed E-state index contributed by atoms with van der Waals surface area (Å²) in [6, 6.07) is 4.27. The number of rotatable bonds is 3. The predicted molar refractivity (Wildman–Crippen MR) is 141 cm³/mol. The number of thiophene rings is 1. The summed E-state index contributed by atoms with van der Waals surface area (Å²) < 4.78 is 6.17. The van der Waals surface area contributed by atoms with Crippen molar-refractivity contribution in [3.05, 3.63) is 39.8 Å². The third-order valence-corrected chi connectivity index (χ3v) is 9.33. The van der Waals surface area contributed by atoms with Gasteiger partial charge in [-0.2, -0.15) is 0 Å². The van der Waals surface area contributed by atoms with E-state index in [1.807, 2.05) is 13.8 Å². The van der Waals surface area contributed by atoms with Crippen molar-refractivity contribution in [2.75, 3.05) is 30.3 Å². The maximum atomic E-state index is 13.1. The molecule has 1 spiro atoms. The van der Waals surface area contributed by atoms with Gasteiger partial charge in [-0.1, -0.05) is 13.0 Å². The molecule has 9 nitrogen and oxygen atoms in total. The number of pyridine rings is 1. The van der Waals surface area contributed by atoms with Gasteiger partial charge in [0.05, 0.1) is 29.4 Å². The van der Waals surface area contributed by atoms with Gasteiger partial charge in [0.25, 0.3) is 5.91 Å². The van der Waals surface area contributed by atoms with Crippen molar-refractivity contribution in [3.63, 3.8) is 0 Å². The van der Waals surface area contributed by atoms with Crippen LogP contribution in [0.3, 0.4) is 0 Å². The van der Waals surface area contributed by atoms with Crippen LogP contribution in [0.2, 0.25) is 0 Å². The highest BCUT2D eigenvalue weighted by molar-refractivity contribution is 7.21. The topological polar surface area (TPSA) is 132 Å². The van der Waals surface area contributed by atoms with Crippen molar-refractivity contribution in [3.8, 4) is 0 Å². The number of nitrogens with zero attached hydrogens (tertiary/aromatic N) is 4. The van der Waals surface area contributed by atoms with E-state index in [1.54, 1.807) is 0 Å². The van der Waals surface area contributed by atoms with Gasteiger partial charge in [-0.3, -0.25) is 4.79 Å². The smallest absolute Gasteiger partial charge is 0.263 e. The van der Waals surface area contributed by atoms with Crippen LogP contribution in [0, 0.1) is 19.8 Å². The summed E-state index contributed by atoms with van der Waals surface area (Å²) in [7, 11) is 0. The molecule has 3 aromatic heterocycles. The maximum Gasteiger partial charge on any atom is 0.263 e. The Balaban J connectivity index is 1.16. The Labute approximate surface area is 214 Å². The van der Waals surface area contributed by atoms with Gasteiger partial charge in [0.2, 0.25) is 0 Å². The molecule has 1 aliphatic carbocycles. The highest BCUT2D eigenvalue weighted by Crippen LogP contribution is 2.40. The van der Waals surface area contributed by atoms with Gasteiger partial charge in [-0.25, -0.2) is 15.0 Å². The number of carbonyl (C=O) groups excluding carboxylic acids is 1. The Bertz CT molecular complexity index is 1360. The summed E-state index contributed by atoms with van der Waals surface area (Å²) in [6.07, 6.45) is 3.46. The lowest BCUT2D eigenvalue weighted by Gasteiger charge is -2.31. The van der Waals surface area contributed by atoms with E-state index < -0.39 is 0 Å². The molecular weight excluding hydrogens is 474 g/mol. The summed E-state index contributed by atoms with van der Waals surface area (Å²) in [5.41, 5.74) is 16.2. The summed E-state index contributed by atoms with van der Waals surface area (Å²) in [4.78, 5) is 30.6. The van der Waals surface area contributed by atoms with E-state index in [2.05, 4.69) is 39.2 Å². The maximum absolute atomic E-state index is 13.1. The van der Waals surface area contributed by atoms with Gasteiger partial charge in [0.15, 0.2) is 0 Å². The van der Waals surface area contributed by atoms with E-state index in [-0.39, 0.29) is 23.6 Å². The van der Waals surface area contributed by atoms with Crippen LogP contribution in [0.15, 0.2) is 12.1 Å². The minimum Gasteiger partial charge on any atom is -0.397 e. The molecule has 4 atom stereocenters. The zero-order valence-corrected chi connectivity index (χ0v) is 21.8. The molecule has 4 unspecified atom stereocenters. The number of amides is 1. The number of hydrogen-bond acceptors (Lipinski definition) is 9. The first-order chi connectivity index (χ1) is 17.2. The molecule has 3 aliphatic rings. The Hall–Kier alpha value is -2.82. The number of aromatic nitrogens is 3. The third kappa shape index (κ3) is 3.74. The molecule has 10 heteroatoms. The number of hydrogen-bond donors (Lipinski definition) is 3. The lowest BCUT2D eigenvalue weighted by atomic mass is 9.85. The SMILES string of the molecule is Cc1nc(C)c2c(N)c(C(=O)NC3CCc4nc(N5CC(N)C6(C5)OCCC6C)ccc4C3)sc2n1. The molecule has 1 amide bonds. The number of carbonyl (C=O) groups is 1. The van der Waals surface area contributed by atoms with E-state index >= 15 is 0 Å². The fourth-order valence-corrected chi connectivity index (χ4v) is 7.28.